The maximum Gasteiger partial charge on any atom is 0.318 e. The van der Waals surface area contributed by atoms with Gasteiger partial charge in [0, 0.05) is 53.3 Å². The van der Waals surface area contributed by atoms with Gasteiger partial charge in [0.15, 0.2) is 0 Å². The number of hydrogen-bond acceptors (Lipinski definition) is 6. The fraction of sp³-hybridized carbons (Fsp3) is 0.667. The first-order chi connectivity index (χ1) is 18.0. The van der Waals surface area contributed by atoms with Crippen LogP contribution in [0.5, 0.6) is 6.01 Å². The van der Waals surface area contributed by atoms with Crippen molar-refractivity contribution in [1.82, 2.24) is 20.2 Å². The zero-order chi connectivity index (χ0) is 25.1. The van der Waals surface area contributed by atoms with Crippen LogP contribution in [0.4, 0.5) is 5.82 Å². The monoisotopic (exact) mass is 521 g/mol. The number of likely N-dealkylation sites (tertiary alicyclic amines) is 1. The highest BCUT2D eigenvalue weighted by molar-refractivity contribution is 6.31. The molecule has 1 aromatic heterocycles. The number of ether oxygens (including phenoxy) is 1. The zero-order valence-corrected chi connectivity index (χ0v) is 23.1. The Morgan fingerprint density at radius 1 is 1.08 bits per heavy atom. The highest BCUT2D eigenvalue weighted by Crippen LogP contribution is 2.50. The van der Waals surface area contributed by atoms with Crippen molar-refractivity contribution in [2.24, 2.45) is 0 Å². The third-order valence-electron chi connectivity index (χ3n) is 10.1. The van der Waals surface area contributed by atoms with Crippen LogP contribution in [0.25, 0.3) is 0 Å². The predicted molar refractivity (Wildman–Crippen MR) is 148 cm³/mol. The Bertz CT molecular complexity index is 1170. The summed E-state index contributed by atoms with van der Waals surface area (Å²) in [4.78, 5) is 15.5. The number of benzene rings is 1. The van der Waals surface area contributed by atoms with Crippen LogP contribution in [0.1, 0.15) is 74.8 Å². The van der Waals surface area contributed by atoms with Gasteiger partial charge in [-0.15, -0.1) is 0 Å². The summed E-state index contributed by atoms with van der Waals surface area (Å²) in [5, 5.41) is 4.57. The maximum atomic E-state index is 6.64. The van der Waals surface area contributed by atoms with E-state index >= 15 is 0 Å². The molecule has 1 unspecified atom stereocenters. The van der Waals surface area contributed by atoms with E-state index in [0.717, 1.165) is 56.8 Å². The van der Waals surface area contributed by atoms with Crippen LogP contribution < -0.4 is 15.0 Å². The number of aromatic nitrogens is 2. The topological polar surface area (TPSA) is 53.5 Å². The van der Waals surface area contributed by atoms with E-state index in [-0.39, 0.29) is 5.41 Å². The minimum Gasteiger partial charge on any atom is -0.462 e. The lowest BCUT2D eigenvalue weighted by atomic mass is 9.69. The first-order valence-corrected chi connectivity index (χ1v) is 15.0. The Kier molecular flexibility index (Phi) is 6.13. The summed E-state index contributed by atoms with van der Waals surface area (Å²) >= 11 is 6.64. The van der Waals surface area contributed by atoms with Gasteiger partial charge >= 0.3 is 6.01 Å². The second-order valence-corrected chi connectivity index (χ2v) is 12.8. The third kappa shape index (κ3) is 4.06. The number of halogens is 1. The first kappa shape index (κ1) is 24.2. The molecule has 4 atom stereocenters. The quantitative estimate of drug-likeness (QED) is 0.616. The van der Waals surface area contributed by atoms with E-state index in [9.17, 15) is 0 Å². The summed E-state index contributed by atoms with van der Waals surface area (Å²) in [5.74, 6) is 1.17. The lowest BCUT2D eigenvalue weighted by molar-refractivity contribution is 0.138. The Balaban J connectivity index is 1.24. The number of rotatable bonds is 5. The van der Waals surface area contributed by atoms with Crippen molar-refractivity contribution in [3.8, 4) is 6.01 Å². The minimum absolute atomic E-state index is 0.137. The molecule has 0 radical (unpaired) electrons. The Labute approximate surface area is 226 Å². The standard InChI is InChI=1S/C30H40ClN5O/c1-19(2)35-14-4-5-22(35)18-37-29-33-27-15-30(12-10-23-25(30)6-3-7-26(23)31)13-11-24(27)28(34-29)36-20-8-9-21(36)17-32-16-20/h3,6-7,19-22,32H,4-5,8-18H2,1-2H3/t20-,21+,22-,30?/m0/s1. The summed E-state index contributed by atoms with van der Waals surface area (Å²) in [7, 11) is 0. The summed E-state index contributed by atoms with van der Waals surface area (Å²) in [5.41, 5.74) is 5.53. The van der Waals surface area contributed by atoms with Crippen molar-refractivity contribution >= 4 is 17.4 Å². The van der Waals surface area contributed by atoms with Crippen LogP contribution in [0.15, 0.2) is 18.2 Å². The second kappa shape index (κ2) is 9.39. The summed E-state index contributed by atoms with van der Waals surface area (Å²) in [6, 6.07) is 9.13. The molecule has 2 bridgehead atoms. The van der Waals surface area contributed by atoms with Crippen molar-refractivity contribution in [3.05, 3.63) is 45.6 Å². The predicted octanol–water partition coefficient (Wildman–Crippen LogP) is 4.70. The molecule has 1 N–H and O–H groups in total. The van der Waals surface area contributed by atoms with Crippen LogP contribution in [-0.2, 0) is 24.7 Å². The van der Waals surface area contributed by atoms with Gasteiger partial charge in [0.1, 0.15) is 12.4 Å². The van der Waals surface area contributed by atoms with E-state index in [1.165, 1.54) is 53.9 Å². The maximum absolute atomic E-state index is 6.64. The fourth-order valence-corrected chi connectivity index (χ4v) is 8.48. The van der Waals surface area contributed by atoms with Gasteiger partial charge < -0.3 is 15.0 Å². The number of fused-ring (bicyclic) bond motifs is 5. The normalized spacial score (nSPS) is 30.8. The van der Waals surface area contributed by atoms with Gasteiger partial charge in [-0.1, -0.05) is 23.7 Å². The van der Waals surface area contributed by atoms with E-state index in [0.29, 0.717) is 36.8 Å². The lowest BCUT2D eigenvalue weighted by Crippen LogP contribution is -2.53. The van der Waals surface area contributed by atoms with Gasteiger partial charge in [-0.3, -0.25) is 4.90 Å². The van der Waals surface area contributed by atoms with E-state index < -0.39 is 0 Å². The molecular weight excluding hydrogens is 482 g/mol. The molecule has 1 aromatic carbocycles. The fourth-order valence-electron chi connectivity index (χ4n) is 8.21. The van der Waals surface area contributed by atoms with E-state index in [4.69, 9.17) is 26.3 Å². The molecule has 0 saturated carbocycles. The van der Waals surface area contributed by atoms with Crippen LogP contribution in [-0.4, -0.2) is 65.3 Å². The Hall–Kier alpha value is -1.89. The SMILES string of the molecule is CC(C)N1CCC[C@H]1COc1nc2c(c(N3[C@@H]4CC[C@H]3CNC4)n1)CCC1(CCc3c(Cl)cccc31)C2. The van der Waals surface area contributed by atoms with Crippen LogP contribution in [0.2, 0.25) is 5.02 Å². The average molecular weight is 522 g/mol. The molecule has 37 heavy (non-hydrogen) atoms. The molecule has 198 valence electrons. The largest absolute Gasteiger partial charge is 0.462 e. The molecule has 7 heteroatoms. The summed E-state index contributed by atoms with van der Waals surface area (Å²) in [6.45, 7) is 8.51. The van der Waals surface area contributed by atoms with E-state index in [1.54, 1.807) is 0 Å². The molecule has 4 heterocycles. The third-order valence-corrected chi connectivity index (χ3v) is 10.4. The molecule has 3 aliphatic heterocycles. The number of hydrogen-bond donors (Lipinski definition) is 1. The second-order valence-electron chi connectivity index (χ2n) is 12.4. The average Bonchev–Trinajstić information content (AvgIpc) is 3.57. The summed E-state index contributed by atoms with van der Waals surface area (Å²) in [6.07, 6.45) is 10.3. The number of anilines is 1. The molecule has 2 aromatic rings. The molecule has 0 amide bonds. The van der Waals surface area contributed by atoms with Gasteiger partial charge in [-0.2, -0.15) is 9.97 Å². The molecule has 3 saturated heterocycles. The zero-order valence-electron chi connectivity index (χ0n) is 22.3. The molecular formula is C30H40ClN5O. The molecule has 5 aliphatic rings. The molecule has 1 spiro atoms. The molecule has 2 aliphatic carbocycles. The van der Waals surface area contributed by atoms with Crippen molar-refractivity contribution in [2.75, 3.05) is 31.1 Å². The van der Waals surface area contributed by atoms with Gasteiger partial charge in [-0.25, -0.2) is 0 Å². The molecule has 6 nitrogen and oxygen atoms in total. The van der Waals surface area contributed by atoms with Crippen LogP contribution in [0, 0.1) is 0 Å². The van der Waals surface area contributed by atoms with Crippen molar-refractivity contribution < 1.29 is 4.74 Å². The number of nitrogens with one attached hydrogen (secondary N) is 1. The van der Waals surface area contributed by atoms with Crippen molar-refractivity contribution in [2.45, 2.75) is 101 Å². The van der Waals surface area contributed by atoms with E-state index in [1.807, 2.05) is 6.07 Å². The number of piperazine rings is 1. The van der Waals surface area contributed by atoms with Gasteiger partial charge in [0.2, 0.25) is 0 Å². The Morgan fingerprint density at radius 3 is 2.65 bits per heavy atom. The first-order valence-electron chi connectivity index (χ1n) is 14.6. The Morgan fingerprint density at radius 2 is 1.86 bits per heavy atom. The van der Waals surface area contributed by atoms with Crippen molar-refractivity contribution in [3.63, 3.8) is 0 Å². The van der Waals surface area contributed by atoms with Crippen molar-refractivity contribution in [1.29, 1.82) is 0 Å². The molecule has 7 rings (SSSR count). The highest BCUT2D eigenvalue weighted by Gasteiger charge is 2.45. The smallest absolute Gasteiger partial charge is 0.318 e. The van der Waals surface area contributed by atoms with Gasteiger partial charge in [0.05, 0.1) is 5.69 Å². The van der Waals surface area contributed by atoms with E-state index in [2.05, 4.69) is 41.1 Å². The minimum atomic E-state index is 0.137. The highest BCUT2D eigenvalue weighted by atomic mass is 35.5. The molecule has 3 fully saturated rings. The summed E-state index contributed by atoms with van der Waals surface area (Å²) < 4.78 is 6.47. The van der Waals surface area contributed by atoms with Crippen LogP contribution >= 0.6 is 11.6 Å². The van der Waals surface area contributed by atoms with Gasteiger partial charge in [0.25, 0.3) is 0 Å². The number of nitrogens with zero attached hydrogens (tertiary/aromatic N) is 4. The van der Waals surface area contributed by atoms with Crippen LogP contribution in [0.3, 0.4) is 0 Å². The lowest BCUT2D eigenvalue weighted by Gasteiger charge is -2.41. The van der Waals surface area contributed by atoms with Gasteiger partial charge in [-0.05, 0) is 95.4 Å².